The van der Waals surface area contributed by atoms with E-state index in [-0.39, 0.29) is 22.0 Å². The van der Waals surface area contributed by atoms with Crippen LogP contribution in [0.15, 0.2) is 30.5 Å². The molecule has 0 aliphatic carbocycles. The third kappa shape index (κ3) is 2.83. The molecule has 0 aliphatic rings. The Kier molecular flexibility index (Phi) is 4.11. The molecule has 0 unspecified atom stereocenters. The van der Waals surface area contributed by atoms with Crippen LogP contribution in [0, 0.1) is 0 Å². The molecule has 0 N–H and O–H groups in total. The zero-order chi connectivity index (χ0) is 14.9. The summed E-state index contributed by atoms with van der Waals surface area (Å²) >= 11 is 11.7. The maximum atomic E-state index is 13.2. The van der Waals surface area contributed by atoms with Crippen molar-refractivity contribution in [1.82, 2.24) is 4.98 Å². The van der Waals surface area contributed by atoms with Crippen molar-refractivity contribution < 1.29 is 17.9 Å². The number of rotatable bonds is 2. The van der Waals surface area contributed by atoms with Crippen LogP contribution in [-0.4, -0.2) is 12.1 Å². The third-order valence-electron chi connectivity index (χ3n) is 2.60. The SMILES string of the molecule is COc1ccnc(-c2ccc(Cl)cc2Cl)c1C(F)(F)F. The summed E-state index contributed by atoms with van der Waals surface area (Å²) in [6, 6.07) is 5.35. The largest absolute Gasteiger partial charge is 0.496 e. The second-order valence-corrected chi connectivity index (χ2v) is 4.70. The minimum atomic E-state index is -4.61. The van der Waals surface area contributed by atoms with Crippen LogP contribution in [0.3, 0.4) is 0 Å². The van der Waals surface area contributed by atoms with Crippen LogP contribution in [0.2, 0.25) is 10.0 Å². The number of alkyl halides is 3. The van der Waals surface area contributed by atoms with E-state index in [9.17, 15) is 13.2 Å². The van der Waals surface area contributed by atoms with Crippen molar-refractivity contribution >= 4 is 23.2 Å². The van der Waals surface area contributed by atoms with Crippen LogP contribution >= 0.6 is 23.2 Å². The summed E-state index contributed by atoms with van der Waals surface area (Å²) in [6.45, 7) is 0. The van der Waals surface area contributed by atoms with Gasteiger partial charge in [0.05, 0.1) is 17.8 Å². The number of ether oxygens (including phenoxy) is 1. The molecule has 0 saturated heterocycles. The smallest absolute Gasteiger partial charge is 0.422 e. The fraction of sp³-hybridized carbons (Fsp3) is 0.154. The Hall–Kier alpha value is -1.46. The average Bonchev–Trinajstić information content (AvgIpc) is 2.36. The maximum Gasteiger partial charge on any atom is 0.422 e. The van der Waals surface area contributed by atoms with Crippen LogP contribution in [0.4, 0.5) is 13.2 Å². The Morgan fingerprint density at radius 3 is 2.40 bits per heavy atom. The van der Waals surface area contributed by atoms with Crippen LogP contribution in [-0.2, 0) is 6.18 Å². The standard InChI is InChI=1S/C13H8Cl2F3NO/c1-20-10-4-5-19-12(11(10)13(16,17)18)8-3-2-7(14)6-9(8)15/h2-6H,1H3. The molecule has 0 atom stereocenters. The molecule has 0 amide bonds. The molecule has 1 aromatic carbocycles. The first-order chi connectivity index (χ1) is 9.34. The van der Waals surface area contributed by atoms with E-state index >= 15 is 0 Å². The van der Waals surface area contributed by atoms with Crippen LogP contribution in [0.25, 0.3) is 11.3 Å². The predicted octanol–water partition coefficient (Wildman–Crippen LogP) is 5.08. The molecule has 2 nitrogen and oxygen atoms in total. The van der Waals surface area contributed by atoms with Gasteiger partial charge in [-0.15, -0.1) is 0 Å². The molecule has 0 spiro atoms. The number of hydrogen-bond acceptors (Lipinski definition) is 2. The van der Waals surface area contributed by atoms with E-state index in [0.29, 0.717) is 5.02 Å². The lowest BCUT2D eigenvalue weighted by Crippen LogP contribution is -2.11. The van der Waals surface area contributed by atoms with Crippen LogP contribution < -0.4 is 4.74 Å². The topological polar surface area (TPSA) is 22.1 Å². The lowest BCUT2D eigenvalue weighted by molar-refractivity contribution is -0.138. The van der Waals surface area contributed by atoms with Gasteiger partial charge in [-0.1, -0.05) is 23.2 Å². The van der Waals surface area contributed by atoms with E-state index in [1.165, 1.54) is 24.4 Å². The van der Waals surface area contributed by atoms with Gasteiger partial charge in [0, 0.05) is 16.8 Å². The maximum absolute atomic E-state index is 13.2. The monoisotopic (exact) mass is 321 g/mol. The molecular formula is C13H8Cl2F3NO. The molecular weight excluding hydrogens is 314 g/mol. The van der Waals surface area contributed by atoms with Gasteiger partial charge in [0.1, 0.15) is 11.3 Å². The number of methoxy groups -OCH3 is 1. The van der Waals surface area contributed by atoms with Crippen LogP contribution in [0.1, 0.15) is 5.56 Å². The Morgan fingerprint density at radius 2 is 1.85 bits per heavy atom. The highest BCUT2D eigenvalue weighted by molar-refractivity contribution is 6.36. The van der Waals surface area contributed by atoms with Gasteiger partial charge < -0.3 is 4.74 Å². The Balaban J connectivity index is 2.74. The van der Waals surface area contributed by atoms with E-state index in [0.717, 1.165) is 13.2 Å². The zero-order valence-corrected chi connectivity index (χ0v) is 11.6. The quantitative estimate of drug-likeness (QED) is 0.769. The van der Waals surface area contributed by atoms with E-state index in [1.807, 2.05) is 0 Å². The highest BCUT2D eigenvalue weighted by atomic mass is 35.5. The van der Waals surface area contributed by atoms with Gasteiger partial charge in [-0.25, -0.2) is 0 Å². The summed E-state index contributed by atoms with van der Waals surface area (Å²) in [5, 5.41) is 0.416. The number of pyridine rings is 1. The Bertz CT molecular complexity index is 644. The fourth-order valence-electron chi connectivity index (χ4n) is 1.77. The average molecular weight is 322 g/mol. The predicted molar refractivity (Wildman–Crippen MR) is 71.2 cm³/mol. The van der Waals surface area contributed by atoms with Crippen molar-refractivity contribution in [3.8, 4) is 17.0 Å². The third-order valence-corrected chi connectivity index (χ3v) is 3.15. The molecule has 20 heavy (non-hydrogen) atoms. The molecule has 0 saturated carbocycles. The van der Waals surface area contributed by atoms with E-state index in [4.69, 9.17) is 27.9 Å². The number of hydrogen-bond donors (Lipinski definition) is 0. The zero-order valence-electron chi connectivity index (χ0n) is 10.1. The van der Waals surface area contributed by atoms with Gasteiger partial charge >= 0.3 is 6.18 Å². The van der Waals surface area contributed by atoms with Gasteiger partial charge in [0.2, 0.25) is 0 Å². The van der Waals surface area contributed by atoms with E-state index in [1.54, 1.807) is 0 Å². The number of aromatic nitrogens is 1. The van der Waals surface area contributed by atoms with E-state index < -0.39 is 11.7 Å². The van der Waals surface area contributed by atoms with Crippen molar-refractivity contribution in [2.45, 2.75) is 6.18 Å². The first-order valence-corrected chi connectivity index (χ1v) is 6.16. The molecule has 0 radical (unpaired) electrons. The summed E-state index contributed by atoms with van der Waals surface area (Å²) in [7, 11) is 1.16. The second kappa shape index (κ2) is 5.50. The molecule has 0 bridgehead atoms. The summed E-state index contributed by atoms with van der Waals surface area (Å²) in [6.07, 6.45) is -3.38. The van der Waals surface area contributed by atoms with Crippen molar-refractivity contribution in [2.24, 2.45) is 0 Å². The lowest BCUT2D eigenvalue weighted by atomic mass is 10.0. The van der Waals surface area contributed by atoms with Gasteiger partial charge in [0.15, 0.2) is 0 Å². The highest BCUT2D eigenvalue weighted by Crippen LogP contribution is 2.43. The van der Waals surface area contributed by atoms with Crippen molar-refractivity contribution in [3.05, 3.63) is 46.1 Å². The summed E-state index contributed by atoms with van der Waals surface area (Å²) in [4.78, 5) is 3.79. The fourth-order valence-corrected chi connectivity index (χ4v) is 2.27. The Morgan fingerprint density at radius 1 is 1.15 bits per heavy atom. The minimum absolute atomic E-state index is 0.0868. The van der Waals surface area contributed by atoms with Gasteiger partial charge in [0.25, 0.3) is 0 Å². The highest BCUT2D eigenvalue weighted by Gasteiger charge is 2.38. The molecule has 106 valence electrons. The number of halogens is 5. The second-order valence-electron chi connectivity index (χ2n) is 3.86. The minimum Gasteiger partial charge on any atom is -0.496 e. The molecule has 2 rings (SSSR count). The van der Waals surface area contributed by atoms with Gasteiger partial charge in [-0.05, 0) is 24.3 Å². The Labute approximate surface area is 123 Å². The molecule has 0 fully saturated rings. The first-order valence-electron chi connectivity index (χ1n) is 5.40. The van der Waals surface area contributed by atoms with Crippen molar-refractivity contribution in [3.63, 3.8) is 0 Å². The van der Waals surface area contributed by atoms with E-state index in [2.05, 4.69) is 4.98 Å². The first kappa shape index (κ1) is 14.9. The normalized spacial score (nSPS) is 11.5. The molecule has 2 aromatic rings. The van der Waals surface area contributed by atoms with Crippen LogP contribution in [0.5, 0.6) is 5.75 Å². The summed E-state index contributed by atoms with van der Waals surface area (Å²) in [5.74, 6) is -0.312. The number of benzene rings is 1. The molecule has 1 aromatic heterocycles. The lowest BCUT2D eigenvalue weighted by Gasteiger charge is -2.16. The van der Waals surface area contributed by atoms with Crippen molar-refractivity contribution in [2.75, 3.05) is 7.11 Å². The van der Waals surface area contributed by atoms with Crippen molar-refractivity contribution in [1.29, 1.82) is 0 Å². The summed E-state index contributed by atoms with van der Waals surface area (Å²) in [5.41, 5.74) is -1.12. The molecule has 0 aliphatic heterocycles. The molecule has 1 heterocycles. The van der Waals surface area contributed by atoms with Gasteiger partial charge in [-0.2, -0.15) is 13.2 Å². The van der Waals surface area contributed by atoms with Gasteiger partial charge in [-0.3, -0.25) is 4.98 Å². The molecule has 7 heteroatoms. The summed E-state index contributed by atoms with van der Waals surface area (Å²) < 4.78 is 44.4. The number of nitrogens with zero attached hydrogens (tertiary/aromatic N) is 1.